The van der Waals surface area contributed by atoms with Gasteiger partial charge in [-0.05, 0) is 30.4 Å². The first-order chi connectivity index (χ1) is 16.8. The van der Waals surface area contributed by atoms with Crippen LogP contribution in [0.4, 0.5) is 5.69 Å². The summed E-state index contributed by atoms with van der Waals surface area (Å²) >= 11 is 0. The molecule has 188 valence electrons. The smallest absolute Gasteiger partial charge is 0.295 e. The molecule has 11 heteroatoms. The summed E-state index contributed by atoms with van der Waals surface area (Å²) in [4.78, 5) is 51.1. The number of aliphatic hydroxyl groups is 3. The predicted octanol–water partition coefficient (Wildman–Crippen LogP) is -0.413. The SMILES string of the molecule is CNC(=O)C#Cc1cc(N(C)C)c2c(c1O)C(O)=C1C(=O)[C@]3(O)C(O)=C(C(N)=O)C(=O)C[C@@H]3C[C@@H]1C2. The summed E-state index contributed by atoms with van der Waals surface area (Å²) in [5, 5.41) is 46.5. The van der Waals surface area contributed by atoms with Gasteiger partial charge >= 0.3 is 0 Å². The van der Waals surface area contributed by atoms with Gasteiger partial charge in [0.1, 0.15) is 22.8 Å². The molecule has 0 saturated heterocycles. The van der Waals surface area contributed by atoms with E-state index in [-0.39, 0.29) is 36.0 Å². The second kappa shape index (κ2) is 8.42. The Hall–Kier alpha value is -4.30. The number of nitrogens with zero attached hydrogens (tertiary/aromatic N) is 1. The summed E-state index contributed by atoms with van der Waals surface area (Å²) in [5.74, 6) is -2.77. The topological polar surface area (TPSA) is 190 Å². The number of hydrogen-bond donors (Lipinski definition) is 6. The molecule has 0 aromatic heterocycles. The maximum Gasteiger partial charge on any atom is 0.295 e. The number of phenols is 1. The molecular formula is C25H25N3O8. The first-order valence-corrected chi connectivity index (χ1v) is 11.1. The van der Waals surface area contributed by atoms with E-state index in [1.807, 2.05) is 0 Å². The van der Waals surface area contributed by atoms with E-state index in [4.69, 9.17) is 5.73 Å². The van der Waals surface area contributed by atoms with Gasteiger partial charge in [-0.25, -0.2) is 0 Å². The Morgan fingerprint density at radius 3 is 2.44 bits per heavy atom. The lowest BCUT2D eigenvalue weighted by Gasteiger charge is -2.46. The van der Waals surface area contributed by atoms with E-state index < -0.39 is 63.7 Å². The Kier molecular flexibility index (Phi) is 5.81. The van der Waals surface area contributed by atoms with Crippen molar-refractivity contribution in [3.05, 3.63) is 39.7 Å². The number of aliphatic hydroxyl groups excluding tert-OH is 2. The van der Waals surface area contributed by atoms with Crippen molar-refractivity contribution in [2.45, 2.75) is 24.9 Å². The van der Waals surface area contributed by atoms with Crippen molar-refractivity contribution in [3.63, 3.8) is 0 Å². The number of aromatic hydroxyl groups is 1. The Balaban J connectivity index is 1.96. The van der Waals surface area contributed by atoms with E-state index in [0.717, 1.165) is 0 Å². The highest BCUT2D eigenvalue weighted by Gasteiger charge is 2.60. The molecule has 1 saturated carbocycles. The number of rotatable bonds is 2. The highest BCUT2D eigenvalue weighted by atomic mass is 16.3. The molecule has 0 radical (unpaired) electrons. The molecule has 1 aromatic rings. The molecule has 36 heavy (non-hydrogen) atoms. The van der Waals surface area contributed by atoms with Gasteiger partial charge in [0.15, 0.2) is 11.4 Å². The van der Waals surface area contributed by atoms with Crippen LogP contribution in [0, 0.1) is 23.7 Å². The molecule has 0 spiro atoms. The minimum atomic E-state index is -2.63. The third-order valence-electron chi connectivity index (χ3n) is 7.06. The minimum absolute atomic E-state index is 0.0218. The molecule has 4 rings (SSSR count). The maximum atomic E-state index is 13.6. The lowest BCUT2D eigenvalue weighted by atomic mass is 9.59. The molecule has 11 nitrogen and oxygen atoms in total. The summed E-state index contributed by atoms with van der Waals surface area (Å²) in [6.45, 7) is 0. The Bertz CT molecular complexity index is 1380. The first kappa shape index (κ1) is 24.8. The fraction of sp³-hybridized carbons (Fsp3) is 0.360. The van der Waals surface area contributed by atoms with Crippen LogP contribution >= 0.6 is 0 Å². The zero-order chi connectivity index (χ0) is 26.7. The molecule has 0 heterocycles. The van der Waals surface area contributed by atoms with Crippen LogP contribution in [-0.2, 0) is 25.6 Å². The van der Waals surface area contributed by atoms with Crippen molar-refractivity contribution in [2.75, 3.05) is 26.0 Å². The third kappa shape index (κ3) is 3.41. The van der Waals surface area contributed by atoms with Gasteiger partial charge in [-0.3, -0.25) is 19.2 Å². The number of benzene rings is 1. The van der Waals surface area contributed by atoms with Crippen LogP contribution in [0.15, 0.2) is 23.0 Å². The van der Waals surface area contributed by atoms with E-state index >= 15 is 0 Å². The number of carbonyl (C=O) groups excluding carboxylic acids is 4. The van der Waals surface area contributed by atoms with Crippen molar-refractivity contribution in [1.29, 1.82) is 0 Å². The highest BCUT2D eigenvalue weighted by Crippen LogP contribution is 2.53. The number of anilines is 1. The molecule has 2 amide bonds. The van der Waals surface area contributed by atoms with E-state index in [2.05, 4.69) is 17.2 Å². The van der Waals surface area contributed by atoms with Crippen molar-refractivity contribution < 1.29 is 39.6 Å². The summed E-state index contributed by atoms with van der Waals surface area (Å²) in [7, 11) is 4.86. The number of phenolic OH excluding ortho intramolecular Hbond substituents is 1. The summed E-state index contributed by atoms with van der Waals surface area (Å²) in [6, 6.07) is 1.56. The number of ketones is 2. The minimum Gasteiger partial charge on any atom is -0.508 e. The fourth-order valence-electron chi connectivity index (χ4n) is 5.35. The van der Waals surface area contributed by atoms with Crippen LogP contribution in [0.3, 0.4) is 0 Å². The molecule has 1 aromatic carbocycles. The van der Waals surface area contributed by atoms with Crippen molar-refractivity contribution in [1.82, 2.24) is 5.32 Å². The summed E-state index contributed by atoms with van der Waals surface area (Å²) in [6.07, 6.45) is -0.185. The van der Waals surface area contributed by atoms with Gasteiger partial charge < -0.3 is 36.4 Å². The largest absolute Gasteiger partial charge is 0.508 e. The predicted molar refractivity (Wildman–Crippen MR) is 127 cm³/mol. The molecule has 3 atom stereocenters. The molecule has 3 aliphatic carbocycles. The zero-order valence-electron chi connectivity index (χ0n) is 19.8. The van der Waals surface area contributed by atoms with Crippen LogP contribution in [0.5, 0.6) is 5.75 Å². The van der Waals surface area contributed by atoms with Crippen LogP contribution in [-0.4, -0.2) is 70.6 Å². The monoisotopic (exact) mass is 495 g/mol. The van der Waals surface area contributed by atoms with Crippen LogP contribution < -0.4 is 16.0 Å². The molecule has 0 bridgehead atoms. The average molecular weight is 495 g/mol. The number of amides is 2. The molecule has 0 unspecified atom stereocenters. The van der Waals surface area contributed by atoms with Crippen LogP contribution in [0.1, 0.15) is 29.5 Å². The highest BCUT2D eigenvalue weighted by molar-refractivity contribution is 6.22. The zero-order valence-corrected chi connectivity index (χ0v) is 19.8. The van der Waals surface area contributed by atoms with Gasteiger partial charge in [0.2, 0.25) is 5.78 Å². The van der Waals surface area contributed by atoms with E-state index in [9.17, 15) is 39.6 Å². The number of nitrogens with one attached hydrogen (secondary N) is 1. The molecular weight excluding hydrogens is 470 g/mol. The van der Waals surface area contributed by atoms with E-state index in [1.54, 1.807) is 25.1 Å². The Labute approximate surface area is 205 Å². The van der Waals surface area contributed by atoms with Crippen molar-refractivity contribution >= 4 is 34.8 Å². The lowest BCUT2D eigenvalue weighted by molar-refractivity contribution is -0.147. The first-order valence-electron chi connectivity index (χ1n) is 11.1. The van der Waals surface area contributed by atoms with Gasteiger partial charge in [-0.15, -0.1) is 0 Å². The third-order valence-corrected chi connectivity index (χ3v) is 7.06. The fourth-order valence-corrected chi connectivity index (χ4v) is 5.35. The molecule has 0 aliphatic heterocycles. The van der Waals surface area contributed by atoms with E-state index in [0.29, 0.717) is 11.3 Å². The van der Waals surface area contributed by atoms with Gasteiger partial charge in [0.25, 0.3) is 11.8 Å². The normalized spacial score (nSPS) is 24.8. The Morgan fingerprint density at radius 2 is 1.86 bits per heavy atom. The lowest BCUT2D eigenvalue weighted by Crippen LogP contribution is -2.58. The number of primary amides is 1. The average Bonchev–Trinajstić information content (AvgIpc) is 2.80. The van der Waals surface area contributed by atoms with Crippen molar-refractivity contribution in [3.8, 4) is 17.6 Å². The van der Waals surface area contributed by atoms with Gasteiger partial charge in [-0.1, -0.05) is 5.92 Å². The van der Waals surface area contributed by atoms with Gasteiger partial charge in [-0.2, -0.15) is 0 Å². The summed E-state index contributed by atoms with van der Waals surface area (Å²) in [5.41, 5.74) is 2.48. The number of fused-ring (bicyclic) bond motifs is 3. The van der Waals surface area contributed by atoms with Crippen LogP contribution in [0.2, 0.25) is 0 Å². The van der Waals surface area contributed by atoms with Crippen LogP contribution in [0.25, 0.3) is 5.76 Å². The molecule has 1 fully saturated rings. The van der Waals surface area contributed by atoms with Gasteiger partial charge in [0.05, 0.1) is 11.1 Å². The Morgan fingerprint density at radius 1 is 1.19 bits per heavy atom. The molecule has 3 aliphatic rings. The number of hydrogen-bond acceptors (Lipinski definition) is 9. The second-order valence-electron chi connectivity index (χ2n) is 9.28. The van der Waals surface area contributed by atoms with Crippen molar-refractivity contribution in [2.24, 2.45) is 17.6 Å². The standard InChI is InChI=1S/C25H25N3O8/c1-27-16(30)5-4-10-8-14(28(2)3)13-7-11-6-12-9-15(29)19(24(26)35)23(34)25(12,36)22(33)17(11)21(32)18(13)20(10)31/h8,11-12,31-32,34,36H,6-7,9H2,1-3H3,(H2,26,35)(H,27,30)/t11-,12+,25+/m1/s1. The summed E-state index contributed by atoms with van der Waals surface area (Å²) < 4.78 is 0. The van der Waals surface area contributed by atoms with Gasteiger partial charge in [0, 0.05) is 50.7 Å². The number of carbonyl (C=O) groups is 4. The maximum absolute atomic E-state index is 13.6. The number of nitrogens with two attached hydrogens (primary N) is 1. The quantitative estimate of drug-likeness (QED) is 0.234. The molecule has 7 N–H and O–H groups in total. The number of Topliss-reactive ketones (excluding diaryl/α,β-unsaturated/α-hetero) is 2. The second-order valence-corrected chi connectivity index (χ2v) is 9.28. The van der Waals surface area contributed by atoms with E-state index in [1.165, 1.54) is 7.05 Å².